The molecule has 1 atom stereocenters. The van der Waals surface area contributed by atoms with Gasteiger partial charge in [0.2, 0.25) is 0 Å². The lowest BCUT2D eigenvalue weighted by Crippen LogP contribution is -2.17. The molecule has 0 bridgehead atoms. The van der Waals surface area contributed by atoms with Gasteiger partial charge in [0, 0.05) is 10.8 Å². The van der Waals surface area contributed by atoms with Crippen molar-refractivity contribution in [2.24, 2.45) is 0 Å². The Bertz CT molecular complexity index is 461. The van der Waals surface area contributed by atoms with E-state index in [4.69, 9.17) is 4.98 Å². The number of fused-ring (bicyclic) bond motifs is 1. The summed E-state index contributed by atoms with van der Waals surface area (Å²) in [4.78, 5) is 17.3. The van der Waals surface area contributed by atoms with Crippen molar-refractivity contribution < 1.29 is 9.90 Å². The number of carboxylic acids is 1. The van der Waals surface area contributed by atoms with Gasteiger partial charge >= 0.3 is 5.97 Å². The summed E-state index contributed by atoms with van der Waals surface area (Å²) in [5, 5.41) is 10.5. The fourth-order valence-corrected chi connectivity index (χ4v) is 4.72. The monoisotopic (exact) mass is 279 g/mol. The lowest BCUT2D eigenvalue weighted by atomic mass is 9.91. The van der Waals surface area contributed by atoms with Crippen LogP contribution in [0.4, 0.5) is 0 Å². The average molecular weight is 279 g/mol. The lowest BCUT2D eigenvalue weighted by Gasteiger charge is -2.16. The SMILES string of the molecule is O=C(O)C1CCCc2sc(C3CCCCCC3)nc21. The third-order valence-electron chi connectivity index (χ3n) is 4.47. The molecule has 0 radical (unpaired) electrons. The van der Waals surface area contributed by atoms with E-state index in [-0.39, 0.29) is 5.92 Å². The van der Waals surface area contributed by atoms with Crippen molar-refractivity contribution in [2.45, 2.75) is 69.6 Å². The highest BCUT2D eigenvalue weighted by Crippen LogP contribution is 2.40. The number of thiazole rings is 1. The highest BCUT2D eigenvalue weighted by molar-refractivity contribution is 7.11. The zero-order chi connectivity index (χ0) is 13.2. The van der Waals surface area contributed by atoms with Crippen molar-refractivity contribution in [3.63, 3.8) is 0 Å². The van der Waals surface area contributed by atoms with E-state index in [1.165, 1.54) is 48.4 Å². The average Bonchev–Trinajstić information content (AvgIpc) is 2.65. The zero-order valence-electron chi connectivity index (χ0n) is 11.2. The summed E-state index contributed by atoms with van der Waals surface area (Å²) in [6.45, 7) is 0. The topological polar surface area (TPSA) is 50.2 Å². The molecule has 1 aromatic heterocycles. The van der Waals surface area contributed by atoms with Crippen LogP contribution >= 0.6 is 11.3 Å². The molecule has 2 aliphatic rings. The quantitative estimate of drug-likeness (QED) is 0.830. The first kappa shape index (κ1) is 13.1. The molecule has 104 valence electrons. The fraction of sp³-hybridized carbons (Fsp3) is 0.733. The van der Waals surface area contributed by atoms with Gasteiger partial charge in [-0.2, -0.15) is 0 Å². The number of hydrogen-bond donors (Lipinski definition) is 1. The second-order valence-corrected chi connectivity index (χ2v) is 6.95. The van der Waals surface area contributed by atoms with Crippen LogP contribution in [0.5, 0.6) is 0 Å². The van der Waals surface area contributed by atoms with Crippen LogP contribution in [-0.4, -0.2) is 16.1 Å². The Hall–Kier alpha value is -0.900. The number of aryl methyl sites for hydroxylation is 1. The number of carboxylic acid groups (broad SMARTS) is 1. The number of hydrogen-bond acceptors (Lipinski definition) is 3. The first-order valence-corrected chi connectivity index (χ1v) is 8.29. The lowest BCUT2D eigenvalue weighted by molar-refractivity contribution is -0.139. The maximum Gasteiger partial charge on any atom is 0.312 e. The molecule has 0 aromatic carbocycles. The van der Waals surface area contributed by atoms with Crippen molar-refractivity contribution in [1.29, 1.82) is 0 Å². The van der Waals surface area contributed by atoms with Crippen LogP contribution in [0, 0.1) is 0 Å². The van der Waals surface area contributed by atoms with Crippen LogP contribution in [0.25, 0.3) is 0 Å². The molecule has 1 aromatic rings. The molecule has 1 fully saturated rings. The van der Waals surface area contributed by atoms with Gasteiger partial charge in [0.25, 0.3) is 0 Å². The number of carbonyl (C=O) groups is 1. The van der Waals surface area contributed by atoms with Gasteiger partial charge in [0.15, 0.2) is 0 Å². The Labute approximate surface area is 118 Å². The highest BCUT2D eigenvalue weighted by atomic mass is 32.1. The molecule has 1 unspecified atom stereocenters. The smallest absolute Gasteiger partial charge is 0.312 e. The van der Waals surface area contributed by atoms with Crippen LogP contribution in [0.3, 0.4) is 0 Å². The van der Waals surface area contributed by atoms with Gasteiger partial charge in [0.05, 0.1) is 16.6 Å². The Morgan fingerprint density at radius 2 is 1.84 bits per heavy atom. The Morgan fingerprint density at radius 3 is 2.53 bits per heavy atom. The van der Waals surface area contributed by atoms with Crippen LogP contribution < -0.4 is 0 Å². The number of aliphatic carboxylic acids is 1. The third-order valence-corrected chi connectivity index (χ3v) is 5.77. The summed E-state index contributed by atoms with van der Waals surface area (Å²) < 4.78 is 0. The number of nitrogens with zero attached hydrogens (tertiary/aromatic N) is 1. The van der Waals surface area contributed by atoms with Gasteiger partial charge in [-0.25, -0.2) is 4.98 Å². The van der Waals surface area contributed by atoms with Gasteiger partial charge in [0.1, 0.15) is 0 Å². The van der Waals surface area contributed by atoms with Crippen molar-refractivity contribution in [3.8, 4) is 0 Å². The van der Waals surface area contributed by atoms with Gasteiger partial charge in [-0.3, -0.25) is 4.79 Å². The Balaban J connectivity index is 1.86. The van der Waals surface area contributed by atoms with Crippen LogP contribution in [0.2, 0.25) is 0 Å². The minimum atomic E-state index is -0.696. The molecule has 4 heteroatoms. The van der Waals surface area contributed by atoms with Gasteiger partial charge < -0.3 is 5.11 Å². The molecular formula is C15H21NO2S. The molecule has 0 spiro atoms. The van der Waals surface area contributed by atoms with Gasteiger partial charge in [-0.05, 0) is 32.1 Å². The predicted molar refractivity (Wildman–Crippen MR) is 75.9 cm³/mol. The minimum absolute atomic E-state index is 0.348. The van der Waals surface area contributed by atoms with E-state index in [9.17, 15) is 9.90 Å². The predicted octanol–water partition coefficient (Wildman–Crippen LogP) is 4.09. The van der Waals surface area contributed by atoms with Crippen molar-refractivity contribution >= 4 is 17.3 Å². The van der Waals surface area contributed by atoms with Crippen molar-refractivity contribution in [1.82, 2.24) is 4.98 Å². The Kier molecular flexibility index (Phi) is 3.87. The van der Waals surface area contributed by atoms with E-state index in [2.05, 4.69) is 0 Å². The fourth-order valence-electron chi connectivity index (χ4n) is 3.38. The molecule has 3 nitrogen and oxygen atoms in total. The van der Waals surface area contributed by atoms with E-state index in [1.807, 2.05) is 0 Å². The molecule has 1 saturated carbocycles. The first-order valence-electron chi connectivity index (χ1n) is 7.48. The zero-order valence-corrected chi connectivity index (χ0v) is 12.0. The molecular weight excluding hydrogens is 258 g/mol. The first-order chi connectivity index (χ1) is 9.25. The van der Waals surface area contributed by atoms with E-state index in [0.717, 1.165) is 25.0 Å². The summed E-state index contributed by atoms with van der Waals surface area (Å²) >= 11 is 1.80. The standard InChI is InChI=1S/C15H21NO2S/c17-15(18)11-8-5-9-12-13(11)16-14(19-12)10-6-3-1-2-4-7-10/h10-11H,1-9H2,(H,17,18). The molecule has 19 heavy (non-hydrogen) atoms. The third kappa shape index (κ3) is 2.69. The van der Waals surface area contributed by atoms with Crippen molar-refractivity contribution in [3.05, 3.63) is 15.6 Å². The maximum absolute atomic E-state index is 11.3. The van der Waals surface area contributed by atoms with Gasteiger partial charge in [-0.1, -0.05) is 25.7 Å². The number of aromatic nitrogens is 1. The summed E-state index contributed by atoms with van der Waals surface area (Å²) in [7, 11) is 0. The van der Waals surface area contributed by atoms with E-state index < -0.39 is 5.97 Å². The molecule has 0 aliphatic heterocycles. The summed E-state index contributed by atoms with van der Waals surface area (Å²) in [5.74, 6) is -0.453. The summed E-state index contributed by atoms with van der Waals surface area (Å²) in [6.07, 6.45) is 10.6. The molecule has 1 N–H and O–H groups in total. The largest absolute Gasteiger partial charge is 0.481 e. The van der Waals surface area contributed by atoms with E-state index >= 15 is 0 Å². The molecule has 0 saturated heterocycles. The van der Waals surface area contributed by atoms with Gasteiger partial charge in [-0.15, -0.1) is 11.3 Å². The molecule has 0 amide bonds. The minimum Gasteiger partial charge on any atom is -0.481 e. The van der Waals surface area contributed by atoms with Crippen LogP contribution in [0.1, 0.15) is 78.8 Å². The summed E-state index contributed by atoms with van der Waals surface area (Å²) in [6, 6.07) is 0. The molecule has 3 rings (SSSR count). The normalized spacial score (nSPS) is 24.7. The second-order valence-electron chi connectivity index (χ2n) is 5.83. The summed E-state index contributed by atoms with van der Waals surface area (Å²) in [5.41, 5.74) is 0.892. The molecule has 1 heterocycles. The Morgan fingerprint density at radius 1 is 1.11 bits per heavy atom. The number of rotatable bonds is 2. The maximum atomic E-state index is 11.3. The second kappa shape index (κ2) is 5.61. The highest BCUT2D eigenvalue weighted by Gasteiger charge is 2.31. The van der Waals surface area contributed by atoms with E-state index in [0.29, 0.717) is 5.92 Å². The molecule has 2 aliphatic carbocycles. The van der Waals surface area contributed by atoms with Crippen molar-refractivity contribution in [2.75, 3.05) is 0 Å². The van der Waals surface area contributed by atoms with Crippen LogP contribution in [-0.2, 0) is 11.2 Å². The van der Waals surface area contributed by atoms with E-state index in [1.54, 1.807) is 11.3 Å². The van der Waals surface area contributed by atoms with Crippen LogP contribution in [0.15, 0.2) is 0 Å².